The molecule has 2 aromatic rings. The molecule has 0 amide bonds. The van der Waals surface area contributed by atoms with Crippen LogP contribution in [0.4, 0.5) is 11.4 Å². The number of carbonyl (C=O) groups is 1. The Hall–Kier alpha value is -3.17. The van der Waals surface area contributed by atoms with Gasteiger partial charge in [0.25, 0.3) is 0 Å². The Balaban J connectivity index is 1.13. The fraction of sp³-hybridized carbons (Fsp3) is 0.575. The van der Waals surface area contributed by atoms with Crippen LogP contribution in [-0.4, -0.2) is 82.7 Å². The molecule has 4 spiro atoms. The first-order valence-corrected chi connectivity index (χ1v) is 18.4. The van der Waals surface area contributed by atoms with Crippen LogP contribution in [0.3, 0.4) is 0 Å². The minimum absolute atomic E-state index is 0.0335. The molecule has 2 bridgehead atoms. The summed E-state index contributed by atoms with van der Waals surface area (Å²) < 4.78 is 13.5. The van der Waals surface area contributed by atoms with E-state index >= 15 is 0 Å². The Labute approximate surface area is 282 Å². The molecule has 0 aromatic heterocycles. The second kappa shape index (κ2) is 8.76. The molecular formula is C40H46N4O4. The smallest absolute Gasteiger partial charge is 0.335 e. The van der Waals surface area contributed by atoms with Crippen molar-refractivity contribution in [3.05, 3.63) is 83.1 Å². The molecule has 8 nitrogen and oxygen atoms in total. The van der Waals surface area contributed by atoms with E-state index in [1.54, 1.807) is 0 Å². The number of hydrogen-bond donors (Lipinski definition) is 3. The Morgan fingerprint density at radius 3 is 2.62 bits per heavy atom. The summed E-state index contributed by atoms with van der Waals surface area (Å²) >= 11 is 0. The number of anilines is 2. The lowest BCUT2D eigenvalue weighted by Crippen LogP contribution is -2.74. The van der Waals surface area contributed by atoms with Crippen molar-refractivity contribution in [2.24, 2.45) is 11.3 Å². The first-order valence-electron chi connectivity index (χ1n) is 18.4. The Morgan fingerprint density at radius 1 is 1.04 bits per heavy atom. The molecule has 9 aliphatic rings. The highest BCUT2D eigenvalue weighted by molar-refractivity contribution is 5.93. The lowest BCUT2D eigenvalue weighted by molar-refractivity contribution is -0.185. The third kappa shape index (κ3) is 2.73. The van der Waals surface area contributed by atoms with E-state index < -0.39 is 28.4 Å². The number of ether oxygens (including phenoxy) is 2. The van der Waals surface area contributed by atoms with E-state index in [2.05, 4.69) is 88.9 Å². The predicted octanol–water partition coefficient (Wildman–Crippen LogP) is 5.06. The topological polar surface area (TPSA) is 86.3 Å². The first kappa shape index (κ1) is 28.6. The van der Waals surface area contributed by atoms with Crippen LogP contribution in [0.15, 0.2) is 72.0 Å². The third-order valence-electron chi connectivity index (χ3n) is 15.6. The van der Waals surface area contributed by atoms with Gasteiger partial charge < -0.3 is 25.2 Å². The number of aliphatic hydroxyl groups is 1. The Kier molecular flexibility index (Phi) is 5.23. The number of nitrogens with zero attached hydrogens (tertiary/aromatic N) is 2. The number of para-hydroxylation sites is 2. The van der Waals surface area contributed by atoms with Gasteiger partial charge in [-0.05, 0) is 68.3 Å². The van der Waals surface area contributed by atoms with Gasteiger partial charge in [-0.3, -0.25) is 9.80 Å². The number of fused-ring (bicyclic) bond motifs is 5. The molecule has 0 radical (unpaired) electrons. The minimum Gasteiger partial charge on any atom is -0.466 e. The highest BCUT2D eigenvalue weighted by Gasteiger charge is 2.85. The van der Waals surface area contributed by atoms with Crippen molar-refractivity contribution in [2.75, 3.05) is 37.4 Å². The van der Waals surface area contributed by atoms with Gasteiger partial charge >= 0.3 is 5.97 Å². The summed E-state index contributed by atoms with van der Waals surface area (Å²) in [6, 6.07) is 17.8. The molecule has 5 fully saturated rings. The van der Waals surface area contributed by atoms with Gasteiger partial charge in [0.2, 0.25) is 0 Å². The molecule has 10 atom stereocenters. The molecule has 3 N–H and O–H groups in total. The second-order valence-electron chi connectivity index (χ2n) is 16.6. The van der Waals surface area contributed by atoms with Crippen LogP contribution >= 0.6 is 0 Å². The van der Waals surface area contributed by atoms with Crippen molar-refractivity contribution in [3.63, 3.8) is 0 Å². The number of carbonyl (C=O) groups excluding carboxylic acids is 1. The number of hydrogen-bond acceptors (Lipinski definition) is 8. The SMILES string of the molecule is CC[C@@]12C=CCN3CC[C@@]4(c5ccccc5N[C@]45O[C@]4(CC)C[C@]67CC(C(=O)OC)=C8Nc9ccccc9[C@@]8(CCN6[C@H]4[C@@H]5C1)[C@H]7O)[C@@H]32. The lowest BCUT2D eigenvalue weighted by Gasteiger charge is -2.63. The van der Waals surface area contributed by atoms with Crippen molar-refractivity contribution < 1.29 is 19.4 Å². The van der Waals surface area contributed by atoms with Gasteiger partial charge in [-0.1, -0.05) is 62.4 Å². The van der Waals surface area contributed by atoms with E-state index in [0.29, 0.717) is 24.5 Å². The van der Waals surface area contributed by atoms with Crippen molar-refractivity contribution in [1.29, 1.82) is 0 Å². The molecule has 2 aliphatic carbocycles. The van der Waals surface area contributed by atoms with Crippen LogP contribution in [0.25, 0.3) is 0 Å². The van der Waals surface area contributed by atoms with Crippen molar-refractivity contribution in [1.82, 2.24) is 9.80 Å². The predicted molar refractivity (Wildman–Crippen MR) is 182 cm³/mol. The number of methoxy groups -OCH3 is 1. The van der Waals surface area contributed by atoms with Gasteiger partial charge in [-0.2, -0.15) is 0 Å². The fourth-order valence-electron chi connectivity index (χ4n) is 14.2. The Bertz CT molecular complexity index is 1880. The van der Waals surface area contributed by atoms with Crippen molar-refractivity contribution >= 4 is 17.3 Å². The summed E-state index contributed by atoms with van der Waals surface area (Å²) in [4.78, 5) is 19.2. The number of aliphatic hydroxyl groups excluding tert-OH is 1. The number of rotatable bonds is 3. The monoisotopic (exact) mass is 646 g/mol. The van der Waals surface area contributed by atoms with Gasteiger partial charge in [0, 0.05) is 60.0 Å². The zero-order valence-electron chi connectivity index (χ0n) is 28.2. The third-order valence-corrected chi connectivity index (χ3v) is 15.6. The quantitative estimate of drug-likeness (QED) is 0.316. The van der Waals surface area contributed by atoms with Gasteiger partial charge in [0.1, 0.15) is 0 Å². The minimum atomic E-state index is -0.692. The van der Waals surface area contributed by atoms with E-state index in [1.807, 2.05) is 6.07 Å². The van der Waals surface area contributed by atoms with Crippen LogP contribution in [0.5, 0.6) is 0 Å². The maximum atomic E-state index is 13.7. The maximum Gasteiger partial charge on any atom is 0.335 e. The van der Waals surface area contributed by atoms with Crippen LogP contribution in [0.1, 0.15) is 69.9 Å². The van der Waals surface area contributed by atoms with E-state index in [-0.39, 0.29) is 28.8 Å². The normalized spacial score (nSPS) is 46.8. The zero-order chi connectivity index (χ0) is 32.5. The van der Waals surface area contributed by atoms with Crippen LogP contribution in [-0.2, 0) is 25.1 Å². The summed E-state index contributed by atoms with van der Waals surface area (Å²) in [5.41, 5.74) is 3.81. The highest BCUT2D eigenvalue weighted by Crippen LogP contribution is 2.76. The molecule has 8 heteroatoms. The molecule has 7 aliphatic heterocycles. The van der Waals surface area contributed by atoms with E-state index in [0.717, 1.165) is 68.7 Å². The number of piperidine rings is 1. The summed E-state index contributed by atoms with van der Waals surface area (Å²) in [5, 5.41) is 20.9. The van der Waals surface area contributed by atoms with Gasteiger partial charge in [0.05, 0.1) is 40.8 Å². The molecular weight excluding hydrogens is 600 g/mol. The molecule has 48 heavy (non-hydrogen) atoms. The van der Waals surface area contributed by atoms with Crippen LogP contribution in [0, 0.1) is 11.3 Å². The standard InChI is InChI=1S/C40H46N4O4/c1-4-35-15-10-18-43-19-17-39(33(35)43)26-12-7-9-14-29(26)42-40(39)27(22-35)31-37(5-2,48-40)23-36-21-24(32(45)47-3)30-38(34(36)46,16-20-44(31)36)25-11-6-8-13-28(25)41-30/h6-15,27,31,33-34,41-42,46H,4-5,16-23H2,1-3H3/t27-,31-,33-,34-,35+,36-,37+,38+,39+,40+/m0/s1. The number of esters is 1. The van der Waals surface area contributed by atoms with E-state index in [4.69, 9.17) is 9.47 Å². The second-order valence-corrected chi connectivity index (χ2v) is 16.6. The molecule has 11 rings (SSSR count). The molecule has 2 aromatic carbocycles. The highest BCUT2D eigenvalue weighted by atomic mass is 16.6. The molecule has 1 saturated carbocycles. The molecule has 250 valence electrons. The zero-order valence-corrected chi connectivity index (χ0v) is 28.2. The number of benzene rings is 2. The summed E-state index contributed by atoms with van der Waals surface area (Å²) in [5.74, 6) is -0.0937. The van der Waals surface area contributed by atoms with Crippen LogP contribution < -0.4 is 10.6 Å². The Morgan fingerprint density at radius 2 is 1.83 bits per heavy atom. The van der Waals surface area contributed by atoms with Crippen molar-refractivity contribution in [2.45, 2.75) is 105 Å². The number of nitrogens with one attached hydrogen (secondary N) is 2. The van der Waals surface area contributed by atoms with Gasteiger partial charge in [-0.25, -0.2) is 4.79 Å². The lowest BCUT2D eigenvalue weighted by atomic mass is 9.48. The molecule has 4 saturated heterocycles. The van der Waals surface area contributed by atoms with Crippen molar-refractivity contribution in [3.8, 4) is 0 Å². The van der Waals surface area contributed by atoms with E-state index in [9.17, 15) is 9.90 Å². The molecule has 0 unspecified atom stereocenters. The van der Waals surface area contributed by atoms with E-state index in [1.165, 1.54) is 18.4 Å². The summed E-state index contributed by atoms with van der Waals surface area (Å²) in [6.45, 7) is 7.62. The maximum absolute atomic E-state index is 13.7. The fourth-order valence-corrected chi connectivity index (χ4v) is 14.2. The summed E-state index contributed by atoms with van der Waals surface area (Å²) in [7, 11) is 1.48. The van der Waals surface area contributed by atoms with Gasteiger partial charge in [-0.15, -0.1) is 0 Å². The average Bonchev–Trinajstić information content (AvgIpc) is 3.87. The van der Waals surface area contributed by atoms with Gasteiger partial charge in [0.15, 0.2) is 5.72 Å². The molecule has 7 heterocycles. The summed E-state index contributed by atoms with van der Waals surface area (Å²) in [6.07, 6.45) is 10.3. The first-order chi connectivity index (χ1) is 23.3. The average molecular weight is 647 g/mol. The largest absolute Gasteiger partial charge is 0.466 e. The van der Waals surface area contributed by atoms with Crippen LogP contribution in [0.2, 0.25) is 0 Å².